The molecule has 2 aliphatic heterocycles. The van der Waals surface area contributed by atoms with Crippen molar-refractivity contribution in [2.75, 3.05) is 46.1 Å². The summed E-state index contributed by atoms with van der Waals surface area (Å²) < 4.78 is 25.5. The molecule has 2 atom stereocenters. The Kier molecular flexibility index (Phi) is 6.21. The molecule has 3 rings (SSSR count). The summed E-state index contributed by atoms with van der Waals surface area (Å²) in [6, 6.07) is 4.57. The first-order chi connectivity index (χ1) is 11.6. The van der Waals surface area contributed by atoms with Crippen LogP contribution < -0.4 is 5.32 Å². The maximum Gasteiger partial charge on any atom is 0.254 e. The number of morpholine rings is 1. The van der Waals surface area contributed by atoms with Gasteiger partial charge in [-0.05, 0) is 24.6 Å². The number of hydrogen-bond donors (Lipinski definition) is 1. The highest BCUT2D eigenvalue weighted by atomic mass is 79.9. The van der Waals surface area contributed by atoms with Gasteiger partial charge < -0.3 is 14.8 Å². The fourth-order valence-corrected chi connectivity index (χ4v) is 3.68. The number of halogens is 2. The third kappa shape index (κ3) is 4.33. The van der Waals surface area contributed by atoms with E-state index >= 15 is 0 Å². The molecule has 7 heteroatoms. The maximum absolute atomic E-state index is 13.9. The monoisotopic (exact) mass is 400 g/mol. The summed E-state index contributed by atoms with van der Waals surface area (Å²) in [5, 5.41) is 2.90. The van der Waals surface area contributed by atoms with Crippen LogP contribution in [0, 0.1) is 11.7 Å². The Morgan fingerprint density at radius 3 is 2.83 bits per heavy atom. The van der Waals surface area contributed by atoms with Crippen LogP contribution in [0.5, 0.6) is 0 Å². The van der Waals surface area contributed by atoms with Crippen LogP contribution in [-0.2, 0) is 9.47 Å². The van der Waals surface area contributed by atoms with Gasteiger partial charge in [0, 0.05) is 42.7 Å². The van der Waals surface area contributed by atoms with Crippen molar-refractivity contribution in [3.8, 4) is 0 Å². The van der Waals surface area contributed by atoms with E-state index in [1.807, 2.05) is 0 Å². The minimum atomic E-state index is -0.511. The number of carbonyl (C=O) groups is 1. The Bertz CT molecular complexity index is 575. The van der Waals surface area contributed by atoms with Crippen molar-refractivity contribution in [3.63, 3.8) is 0 Å². The van der Waals surface area contributed by atoms with Crippen molar-refractivity contribution in [3.05, 3.63) is 34.1 Å². The summed E-state index contributed by atoms with van der Waals surface area (Å²) in [7, 11) is 0. The van der Waals surface area contributed by atoms with Gasteiger partial charge in [0.1, 0.15) is 5.82 Å². The van der Waals surface area contributed by atoms with Crippen molar-refractivity contribution >= 4 is 21.8 Å². The quantitative estimate of drug-likeness (QED) is 0.821. The zero-order valence-electron chi connectivity index (χ0n) is 13.5. The van der Waals surface area contributed by atoms with Crippen LogP contribution in [0.1, 0.15) is 16.8 Å². The van der Waals surface area contributed by atoms with Gasteiger partial charge in [-0.3, -0.25) is 9.69 Å². The molecule has 0 radical (unpaired) electrons. The number of amides is 1. The van der Waals surface area contributed by atoms with Gasteiger partial charge in [-0.15, -0.1) is 0 Å². The molecule has 0 spiro atoms. The van der Waals surface area contributed by atoms with E-state index < -0.39 is 5.82 Å². The number of carbonyl (C=O) groups excluding carboxylic acids is 1. The fraction of sp³-hybridized carbons (Fsp3) is 0.588. The molecule has 2 heterocycles. The van der Waals surface area contributed by atoms with Gasteiger partial charge in [0.2, 0.25) is 0 Å². The second kappa shape index (κ2) is 8.38. The number of hydrogen-bond acceptors (Lipinski definition) is 4. The van der Waals surface area contributed by atoms with Gasteiger partial charge in [0.25, 0.3) is 5.91 Å². The summed E-state index contributed by atoms with van der Waals surface area (Å²) >= 11 is 3.28. The van der Waals surface area contributed by atoms with Crippen LogP contribution in [0.4, 0.5) is 4.39 Å². The second-order valence-corrected chi connectivity index (χ2v) is 7.09. The molecule has 1 amide bonds. The molecule has 2 aliphatic rings. The highest BCUT2D eigenvalue weighted by molar-refractivity contribution is 9.10. The number of benzene rings is 1. The standard InChI is InChI=1S/C17H22BrFN2O3/c18-13-1-2-15(19)14(9-13)17(22)20-10-16(12-3-6-24-11-12)21-4-7-23-8-5-21/h1-2,9,12,16H,3-8,10-11H2,(H,20,22). The van der Waals surface area contributed by atoms with Gasteiger partial charge in [-0.25, -0.2) is 4.39 Å². The van der Waals surface area contributed by atoms with Crippen LogP contribution >= 0.6 is 15.9 Å². The van der Waals surface area contributed by atoms with Crippen molar-refractivity contribution in [1.29, 1.82) is 0 Å². The maximum atomic E-state index is 13.9. The largest absolute Gasteiger partial charge is 0.381 e. The Hall–Kier alpha value is -1.02. The molecule has 0 aromatic heterocycles. The zero-order valence-corrected chi connectivity index (χ0v) is 15.1. The van der Waals surface area contributed by atoms with E-state index in [1.165, 1.54) is 12.1 Å². The Morgan fingerprint density at radius 2 is 2.12 bits per heavy atom. The number of nitrogens with one attached hydrogen (secondary N) is 1. The first kappa shape index (κ1) is 17.8. The van der Waals surface area contributed by atoms with Crippen LogP contribution in [0.25, 0.3) is 0 Å². The highest BCUT2D eigenvalue weighted by Gasteiger charge is 2.32. The minimum Gasteiger partial charge on any atom is -0.381 e. The van der Waals surface area contributed by atoms with E-state index in [2.05, 4.69) is 26.1 Å². The van der Waals surface area contributed by atoms with Gasteiger partial charge in [-0.1, -0.05) is 15.9 Å². The molecular weight excluding hydrogens is 379 g/mol. The third-order valence-corrected chi connectivity index (χ3v) is 5.16. The van der Waals surface area contributed by atoms with Gasteiger partial charge in [0.15, 0.2) is 0 Å². The number of rotatable bonds is 5. The molecule has 1 N–H and O–H groups in total. The summed E-state index contributed by atoms with van der Waals surface area (Å²) in [4.78, 5) is 14.7. The fourth-order valence-electron chi connectivity index (χ4n) is 3.32. The van der Waals surface area contributed by atoms with Crippen LogP contribution in [0.15, 0.2) is 22.7 Å². The van der Waals surface area contributed by atoms with Crippen LogP contribution in [0.3, 0.4) is 0 Å². The lowest BCUT2D eigenvalue weighted by Gasteiger charge is -2.37. The molecule has 0 saturated carbocycles. The summed E-state index contributed by atoms with van der Waals surface area (Å²) in [6.45, 7) is 5.07. The zero-order chi connectivity index (χ0) is 16.9. The molecule has 2 saturated heterocycles. The van der Waals surface area contributed by atoms with Crippen molar-refractivity contribution in [2.24, 2.45) is 5.92 Å². The topological polar surface area (TPSA) is 50.8 Å². The lowest BCUT2D eigenvalue weighted by atomic mass is 9.96. The van der Waals surface area contributed by atoms with Gasteiger partial charge in [-0.2, -0.15) is 0 Å². The summed E-state index contributed by atoms with van der Waals surface area (Å²) in [6.07, 6.45) is 0.989. The number of nitrogens with zero attached hydrogens (tertiary/aromatic N) is 1. The van der Waals surface area contributed by atoms with Crippen molar-refractivity contribution in [2.45, 2.75) is 12.5 Å². The molecule has 2 unspecified atom stereocenters. The highest BCUT2D eigenvalue weighted by Crippen LogP contribution is 2.22. The summed E-state index contributed by atoms with van der Waals surface area (Å²) in [5.41, 5.74) is 0.0628. The predicted octanol–water partition coefficient (Wildman–Crippen LogP) is 2.06. The lowest BCUT2D eigenvalue weighted by molar-refractivity contribution is 0.00165. The van der Waals surface area contributed by atoms with Gasteiger partial charge in [0.05, 0.1) is 25.4 Å². The normalized spacial score (nSPS) is 23.2. The Morgan fingerprint density at radius 1 is 1.33 bits per heavy atom. The molecular formula is C17H22BrFN2O3. The third-order valence-electron chi connectivity index (χ3n) is 4.67. The molecule has 0 bridgehead atoms. The van der Waals surface area contributed by atoms with Crippen LogP contribution in [0.2, 0.25) is 0 Å². The molecule has 2 fully saturated rings. The van der Waals surface area contributed by atoms with E-state index in [0.717, 1.165) is 26.1 Å². The van der Waals surface area contributed by atoms with Crippen LogP contribution in [-0.4, -0.2) is 62.9 Å². The molecule has 1 aromatic carbocycles. The summed E-state index contributed by atoms with van der Waals surface area (Å²) in [5.74, 6) is -0.510. The molecule has 5 nitrogen and oxygen atoms in total. The molecule has 1 aromatic rings. The predicted molar refractivity (Wildman–Crippen MR) is 91.5 cm³/mol. The Labute approximate surface area is 149 Å². The number of ether oxygens (including phenoxy) is 2. The molecule has 24 heavy (non-hydrogen) atoms. The van der Waals surface area contributed by atoms with E-state index in [9.17, 15) is 9.18 Å². The second-order valence-electron chi connectivity index (χ2n) is 6.17. The average Bonchev–Trinajstić information content (AvgIpc) is 3.12. The molecule has 0 aliphatic carbocycles. The van der Waals surface area contributed by atoms with Crippen molar-refractivity contribution in [1.82, 2.24) is 10.2 Å². The minimum absolute atomic E-state index is 0.0628. The Balaban J connectivity index is 1.65. The SMILES string of the molecule is O=C(NCC(C1CCOC1)N1CCOCC1)c1cc(Br)ccc1F. The van der Waals surface area contributed by atoms with Crippen molar-refractivity contribution < 1.29 is 18.7 Å². The smallest absolute Gasteiger partial charge is 0.254 e. The average molecular weight is 401 g/mol. The van der Waals surface area contributed by atoms with E-state index in [4.69, 9.17) is 9.47 Å². The molecule has 132 valence electrons. The lowest BCUT2D eigenvalue weighted by Crippen LogP contribution is -2.52. The van der Waals surface area contributed by atoms with E-state index in [-0.39, 0.29) is 17.5 Å². The first-order valence-electron chi connectivity index (χ1n) is 8.28. The van der Waals surface area contributed by atoms with E-state index in [0.29, 0.717) is 36.8 Å². The first-order valence-corrected chi connectivity index (χ1v) is 9.07. The van der Waals surface area contributed by atoms with E-state index in [1.54, 1.807) is 6.07 Å². The van der Waals surface area contributed by atoms with Gasteiger partial charge >= 0.3 is 0 Å².